The Bertz CT molecular complexity index is 584. The molecular weight excluding hydrogens is 278 g/mol. The van der Waals surface area contributed by atoms with Gasteiger partial charge in [0.25, 0.3) is 0 Å². The molecule has 0 aromatic heterocycles. The summed E-state index contributed by atoms with van der Waals surface area (Å²) in [4.78, 5) is 2.36. The summed E-state index contributed by atoms with van der Waals surface area (Å²) in [5.74, 6) is 0. The zero-order valence-electron chi connectivity index (χ0n) is 16.0. The van der Waals surface area contributed by atoms with Gasteiger partial charge in [0, 0.05) is 24.7 Å². The zero-order chi connectivity index (χ0) is 17.5. The summed E-state index contributed by atoms with van der Waals surface area (Å²) in [5, 5.41) is 0. The molecule has 1 heteroatoms. The lowest BCUT2D eigenvalue weighted by molar-refractivity contribution is 0.308. The van der Waals surface area contributed by atoms with Gasteiger partial charge in [0.15, 0.2) is 0 Å². The summed E-state index contributed by atoms with van der Waals surface area (Å²) in [5.41, 5.74) is 5.62. The van der Waals surface area contributed by atoms with Crippen LogP contribution < -0.4 is 0 Å². The van der Waals surface area contributed by atoms with Gasteiger partial charge in [-0.1, -0.05) is 75.8 Å². The number of benzene rings is 1. The fourth-order valence-corrected chi connectivity index (χ4v) is 2.98. The first kappa shape index (κ1) is 19.3. The van der Waals surface area contributed by atoms with Gasteiger partial charge in [0.2, 0.25) is 0 Å². The highest BCUT2D eigenvalue weighted by Crippen LogP contribution is 2.34. The molecule has 2 rings (SSSR count). The minimum absolute atomic E-state index is 0.114. The molecule has 0 spiro atoms. The molecule has 126 valence electrons. The van der Waals surface area contributed by atoms with E-state index < -0.39 is 0 Å². The number of likely N-dealkylation sites (N-methyl/N-ethyl adjacent to an activating group) is 1. The highest BCUT2D eigenvalue weighted by Gasteiger charge is 2.27. The van der Waals surface area contributed by atoms with Crippen LogP contribution in [0.1, 0.15) is 52.7 Å². The topological polar surface area (TPSA) is 3.24 Å². The number of rotatable bonds is 1. The van der Waals surface area contributed by atoms with Crippen LogP contribution in [0.5, 0.6) is 0 Å². The van der Waals surface area contributed by atoms with Crippen molar-refractivity contribution in [3.8, 4) is 0 Å². The second-order valence-corrected chi connectivity index (χ2v) is 6.84. The van der Waals surface area contributed by atoms with E-state index in [-0.39, 0.29) is 5.41 Å². The highest BCUT2D eigenvalue weighted by molar-refractivity contribution is 5.55. The molecule has 0 aliphatic carbocycles. The Morgan fingerprint density at radius 3 is 2.43 bits per heavy atom. The first-order valence-corrected chi connectivity index (χ1v) is 8.71. The van der Waals surface area contributed by atoms with E-state index in [0.29, 0.717) is 0 Å². The predicted octanol–water partition coefficient (Wildman–Crippen LogP) is 6.09. The van der Waals surface area contributed by atoms with Gasteiger partial charge < -0.3 is 4.90 Å². The van der Waals surface area contributed by atoms with Gasteiger partial charge in [-0.05, 0) is 37.5 Å². The second-order valence-electron chi connectivity index (χ2n) is 6.84. The lowest BCUT2D eigenvalue weighted by Crippen LogP contribution is -2.30. The molecule has 1 aliphatic rings. The van der Waals surface area contributed by atoms with E-state index in [2.05, 4.69) is 88.2 Å². The number of hydrogen-bond acceptors (Lipinski definition) is 1. The van der Waals surface area contributed by atoms with Gasteiger partial charge in [-0.2, -0.15) is 0 Å². The van der Waals surface area contributed by atoms with Crippen LogP contribution in [0.15, 0.2) is 53.8 Å². The van der Waals surface area contributed by atoms with E-state index in [1.807, 2.05) is 13.8 Å². The fraction of sp³-hybridized carbons (Fsp3) is 0.455. The maximum Gasteiger partial charge on any atom is 0.0356 e. The van der Waals surface area contributed by atoms with Crippen LogP contribution in [-0.4, -0.2) is 18.5 Å². The third kappa shape index (κ3) is 5.42. The summed E-state index contributed by atoms with van der Waals surface area (Å²) in [7, 11) is 2.19. The zero-order valence-corrected chi connectivity index (χ0v) is 16.0. The first-order valence-electron chi connectivity index (χ1n) is 8.71. The van der Waals surface area contributed by atoms with E-state index in [0.717, 1.165) is 13.0 Å². The molecule has 1 heterocycles. The van der Waals surface area contributed by atoms with Crippen LogP contribution in [-0.2, 0) is 6.42 Å². The van der Waals surface area contributed by atoms with Crippen LogP contribution in [0.25, 0.3) is 6.08 Å². The lowest BCUT2D eigenvalue weighted by atomic mass is 9.80. The Hall–Kier alpha value is -1.76. The van der Waals surface area contributed by atoms with Gasteiger partial charge in [0.1, 0.15) is 0 Å². The van der Waals surface area contributed by atoms with E-state index in [4.69, 9.17) is 0 Å². The third-order valence-electron chi connectivity index (χ3n) is 4.04. The molecular formula is C22H33N. The Labute approximate surface area is 143 Å². The number of fused-ring (bicyclic) bond motifs is 1. The number of nitrogens with zero attached hydrogens (tertiary/aromatic N) is 1. The SMILES string of the molecule is CC.CC(C)=C/C=C1/N(C)C/C=C\c2ccccc2CC1(C)C. The molecule has 1 aromatic carbocycles. The molecule has 0 saturated carbocycles. The normalized spacial score (nSPS) is 19.4. The van der Waals surface area contributed by atoms with Gasteiger partial charge in [-0.25, -0.2) is 0 Å². The van der Waals surface area contributed by atoms with Crippen molar-refractivity contribution in [2.75, 3.05) is 13.6 Å². The van der Waals surface area contributed by atoms with Crippen LogP contribution in [0.2, 0.25) is 0 Å². The average molecular weight is 312 g/mol. The van der Waals surface area contributed by atoms with E-state index in [1.54, 1.807) is 0 Å². The molecule has 23 heavy (non-hydrogen) atoms. The van der Waals surface area contributed by atoms with E-state index in [9.17, 15) is 0 Å². The quantitative estimate of drug-likeness (QED) is 0.606. The van der Waals surface area contributed by atoms with Gasteiger partial charge in [-0.3, -0.25) is 0 Å². The summed E-state index contributed by atoms with van der Waals surface area (Å²) in [6, 6.07) is 8.74. The lowest BCUT2D eigenvalue weighted by Gasteiger charge is -2.34. The molecule has 1 nitrogen and oxygen atoms in total. The standard InChI is InChI=1S/C20H27N.C2H6/c1-16(2)12-13-19-20(3,4)15-18-10-7-6-9-17(18)11-8-14-21(19)5;1-2/h6-13H,14-15H2,1-5H3;1-2H3/b11-8-,19-13+;. The maximum absolute atomic E-state index is 2.36. The number of allylic oxidation sites excluding steroid dienone is 4. The summed E-state index contributed by atoms with van der Waals surface area (Å²) in [6.45, 7) is 13.9. The van der Waals surface area contributed by atoms with E-state index in [1.165, 1.54) is 22.4 Å². The Morgan fingerprint density at radius 1 is 1.13 bits per heavy atom. The fourth-order valence-electron chi connectivity index (χ4n) is 2.98. The third-order valence-corrected chi connectivity index (χ3v) is 4.04. The van der Waals surface area contributed by atoms with Gasteiger partial charge >= 0.3 is 0 Å². The summed E-state index contributed by atoms with van der Waals surface area (Å²) >= 11 is 0. The minimum Gasteiger partial charge on any atom is -0.374 e. The highest BCUT2D eigenvalue weighted by atomic mass is 15.1. The van der Waals surface area contributed by atoms with Gasteiger partial charge in [-0.15, -0.1) is 0 Å². The molecule has 0 radical (unpaired) electrons. The first-order chi connectivity index (χ1) is 10.9. The Kier molecular flexibility index (Phi) is 7.35. The van der Waals surface area contributed by atoms with Crippen molar-refractivity contribution < 1.29 is 0 Å². The Morgan fingerprint density at radius 2 is 1.78 bits per heavy atom. The molecule has 0 bridgehead atoms. The minimum atomic E-state index is 0.114. The van der Waals surface area contributed by atoms with Crippen molar-refractivity contribution in [1.29, 1.82) is 0 Å². The van der Waals surface area contributed by atoms with Gasteiger partial charge in [0.05, 0.1) is 0 Å². The van der Waals surface area contributed by atoms with Crippen LogP contribution in [0.3, 0.4) is 0 Å². The van der Waals surface area contributed by atoms with Crippen molar-refractivity contribution in [2.24, 2.45) is 5.41 Å². The molecule has 0 fully saturated rings. The summed E-state index contributed by atoms with van der Waals surface area (Å²) in [6.07, 6.45) is 10.1. The second kappa shape index (κ2) is 8.76. The van der Waals surface area contributed by atoms with Crippen molar-refractivity contribution >= 4 is 6.08 Å². The van der Waals surface area contributed by atoms with Crippen molar-refractivity contribution in [3.63, 3.8) is 0 Å². The molecule has 0 atom stereocenters. The van der Waals surface area contributed by atoms with Crippen molar-refractivity contribution in [2.45, 2.75) is 48.0 Å². The predicted molar refractivity (Wildman–Crippen MR) is 104 cm³/mol. The smallest absolute Gasteiger partial charge is 0.0356 e. The average Bonchev–Trinajstić information content (AvgIpc) is 2.54. The summed E-state index contributed by atoms with van der Waals surface area (Å²) < 4.78 is 0. The monoisotopic (exact) mass is 311 g/mol. The Balaban J connectivity index is 0.00000127. The molecule has 0 amide bonds. The van der Waals surface area contributed by atoms with Crippen molar-refractivity contribution in [1.82, 2.24) is 4.90 Å². The maximum atomic E-state index is 2.36. The molecule has 0 saturated heterocycles. The largest absolute Gasteiger partial charge is 0.374 e. The molecule has 1 aromatic rings. The van der Waals surface area contributed by atoms with Crippen molar-refractivity contribution in [3.05, 3.63) is 64.9 Å². The van der Waals surface area contributed by atoms with E-state index >= 15 is 0 Å². The molecule has 0 N–H and O–H groups in total. The van der Waals surface area contributed by atoms with Crippen LogP contribution in [0, 0.1) is 5.41 Å². The van der Waals surface area contributed by atoms with Crippen LogP contribution >= 0.6 is 0 Å². The number of hydrogen-bond donors (Lipinski definition) is 0. The molecule has 1 aliphatic heterocycles. The van der Waals surface area contributed by atoms with Crippen LogP contribution in [0.4, 0.5) is 0 Å². The molecule has 0 unspecified atom stereocenters.